The number of aromatic nitrogens is 2. The maximum Gasteiger partial charge on any atom is 0.0722 e. The maximum atomic E-state index is 4.55. The van der Waals surface area contributed by atoms with Gasteiger partial charge in [0.1, 0.15) is 0 Å². The fourth-order valence-corrected chi connectivity index (χ4v) is 1.80. The van der Waals surface area contributed by atoms with Crippen LogP contribution in [0.4, 0.5) is 0 Å². The van der Waals surface area contributed by atoms with E-state index in [4.69, 9.17) is 0 Å². The van der Waals surface area contributed by atoms with Crippen LogP contribution >= 0.6 is 0 Å². The van der Waals surface area contributed by atoms with Gasteiger partial charge >= 0.3 is 0 Å². The van der Waals surface area contributed by atoms with Crippen LogP contribution < -0.4 is 5.32 Å². The molecule has 0 aliphatic rings. The van der Waals surface area contributed by atoms with Crippen molar-refractivity contribution in [1.29, 1.82) is 0 Å². The minimum Gasteiger partial charge on any atom is -0.312 e. The van der Waals surface area contributed by atoms with Crippen LogP contribution in [0.5, 0.6) is 0 Å². The minimum absolute atomic E-state index is 0.0987. The number of aryl methyl sites for hydroxylation is 1. The Hall–Kier alpha value is -1.27. The summed E-state index contributed by atoms with van der Waals surface area (Å²) in [6.45, 7) is 10.3. The molecular formula is C14H23N3. The van der Waals surface area contributed by atoms with Gasteiger partial charge in [-0.1, -0.05) is 20.8 Å². The molecule has 0 spiro atoms. The second kappa shape index (κ2) is 5.88. The van der Waals surface area contributed by atoms with Gasteiger partial charge in [0.25, 0.3) is 0 Å². The Morgan fingerprint density at radius 3 is 2.71 bits per heavy atom. The molecule has 3 heteroatoms. The average Bonchev–Trinajstić information content (AvgIpc) is 2.59. The lowest BCUT2D eigenvalue weighted by atomic mass is 9.89. The van der Waals surface area contributed by atoms with E-state index >= 15 is 0 Å². The molecule has 0 unspecified atom stereocenters. The lowest BCUT2D eigenvalue weighted by Crippen LogP contribution is -2.19. The second-order valence-electron chi connectivity index (χ2n) is 5.28. The molecule has 0 saturated carbocycles. The van der Waals surface area contributed by atoms with Crippen LogP contribution in [-0.2, 0) is 19.0 Å². The van der Waals surface area contributed by atoms with Crippen LogP contribution in [0.25, 0.3) is 0 Å². The molecular weight excluding hydrogens is 210 g/mol. The molecule has 3 nitrogen and oxygen atoms in total. The summed E-state index contributed by atoms with van der Waals surface area (Å²) in [6, 6.07) is 0. The van der Waals surface area contributed by atoms with E-state index in [1.807, 2.05) is 18.7 Å². The Morgan fingerprint density at radius 1 is 1.41 bits per heavy atom. The molecule has 1 rings (SSSR count). The summed E-state index contributed by atoms with van der Waals surface area (Å²) < 4.78 is 1.89. The second-order valence-corrected chi connectivity index (χ2v) is 5.28. The van der Waals surface area contributed by atoms with Gasteiger partial charge in [-0.25, -0.2) is 0 Å². The topological polar surface area (TPSA) is 29.9 Å². The van der Waals surface area contributed by atoms with Crippen LogP contribution in [0.3, 0.4) is 0 Å². The molecule has 0 aromatic carbocycles. The van der Waals surface area contributed by atoms with Crippen molar-refractivity contribution < 1.29 is 0 Å². The zero-order valence-electron chi connectivity index (χ0n) is 11.6. The van der Waals surface area contributed by atoms with E-state index in [1.165, 1.54) is 11.3 Å². The SMILES string of the molecule is CC#CCCNCc1cn(C)nc1C(C)(C)C. The van der Waals surface area contributed by atoms with Crippen LogP contribution in [0.15, 0.2) is 6.20 Å². The lowest BCUT2D eigenvalue weighted by molar-refractivity contribution is 0.544. The Balaban J connectivity index is 2.60. The summed E-state index contributed by atoms with van der Waals surface area (Å²) in [7, 11) is 1.97. The highest BCUT2D eigenvalue weighted by Crippen LogP contribution is 2.23. The van der Waals surface area contributed by atoms with Gasteiger partial charge in [-0.15, -0.1) is 11.8 Å². The molecule has 17 heavy (non-hydrogen) atoms. The number of hydrogen-bond donors (Lipinski definition) is 1. The quantitative estimate of drug-likeness (QED) is 0.638. The number of nitrogens with one attached hydrogen (secondary N) is 1. The molecule has 0 atom stereocenters. The van der Waals surface area contributed by atoms with Gasteiger partial charge in [0.15, 0.2) is 0 Å². The smallest absolute Gasteiger partial charge is 0.0722 e. The highest BCUT2D eigenvalue weighted by Gasteiger charge is 2.21. The number of hydrogen-bond acceptors (Lipinski definition) is 2. The Bertz CT molecular complexity index is 413. The van der Waals surface area contributed by atoms with Gasteiger partial charge in [0.2, 0.25) is 0 Å². The average molecular weight is 233 g/mol. The molecule has 0 aliphatic carbocycles. The van der Waals surface area contributed by atoms with Crippen molar-refractivity contribution >= 4 is 0 Å². The van der Waals surface area contributed by atoms with Crippen LogP contribution in [-0.4, -0.2) is 16.3 Å². The monoisotopic (exact) mass is 233 g/mol. The first kappa shape index (κ1) is 13.8. The maximum absolute atomic E-state index is 4.55. The van der Waals surface area contributed by atoms with Crippen molar-refractivity contribution in [3.8, 4) is 11.8 Å². The molecule has 1 N–H and O–H groups in total. The summed E-state index contributed by atoms with van der Waals surface area (Å²) in [4.78, 5) is 0. The third kappa shape index (κ3) is 4.24. The summed E-state index contributed by atoms with van der Waals surface area (Å²) in [6.07, 6.45) is 3.00. The Kier molecular flexibility index (Phi) is 4.77. The summed E-state index contributed by atoms with van der Waals surface area (Å²) in [5.41, 5.74) is 2.56. The van der Waals surface area contributed by atoms with Crippen molar-refractivity contribution in [2.24, 2.45) is 7.05 Å². The summed E-state index contributed by atoms with van der Waals surface area (Å²) in [5, 5.41) is 7.95. The first-order valence-electron chi connectivity index (χ1n) is 6.08. The Labute approximate surface area is 105 Å². The fourth-order valence-electron chi connectivity index (χ4n) is 1.80. The molecule has 0 aliphatic heterocycles. The standard InChI is InChI=1S/C14H23N3/c1-6-7-8-9-15-10-12-11-17(5)16-13(12)14(2,3)4/h11,15H,8-10H2,1-5H3. The van der Waals surface area contributed by atoms with Crippen LogP contribution in [0.1, 0.15) is 45.4 Å². The van der Waals surface area contributed by atoms with Crippen molar-refractivity contribution in [1.82, 2.24) is 15.1 Å². The lowest BCUT2D eigenvalue weighted by Gasteiger charge is -2.17. The molecule has 0 radical (unpaired) electrons. The number of rotatable bonds is 4. The molecule has 0 amide bonds. The highest BCUT2D eigenvalue weighted by atomic mass is 15.3. The van der Waals surface area contributed by atoms with E-state index in [1.54, 1.807) is 0 Å². The molecule has 1 aromatic rings. The minimum atomic E-state index is 0.0987. The van der Waals surface area contributed by atoms with Gasteiger partial charge in [-0.3, -0.25) is 4.68 Å². The van der Waals surface area contributed by atoms with E-state index in [-0.39, 0.29) is 5.41 Å². The largest absolute Gasteiger partial charge is 0.312 e. The summed E-state index contributed by atoms with van der Waals surface area (Å²) >= 11 is 0. The van der Waals surface area contributed by atoms with Crippen molar-refractivity contribution in [3.05, 3.63) is 17.5 Å². The van der Waals surface area contributed by atoms with E-state index < -0.39 is 0 Å². The van der Waals surface area contributed by atoms with Gasteiger partial charge in [-0.2, -0.15) is 5.10 Å². The Morgan fingerprint density at radius 2 is 2.12 bits per heavy atom. The summed E-state index contributed by atoms with van der Waals surface area (Å²) in [5.74, 6) is 5.95. The normalized spacial score (nSPS) is 11.1. The third-order valence-corrected chi connectivity index (χ3v) is 2.53. The zero-order valence-corrected chi connectivity index (χ0v) is 11.6. The van der Waals surface area contributed by atoms with Gasteiger partial charge in [0, 0.05) is 43.7 Å². The molecule has 0 saturated heterocycles. The van der Waals surface area contributed by atoms with Crippen LogP contribution in [0, 0.1) is 11.8 Å². The molecule has 0 fully saturated rings. The van der Waals surface area contributed by atoms with Crippen molar-refractivity contribution in [2.45, 2.75) is 46.1 Å². The highest BCUT2D eigenvalue weighted by molar-refractivity contribution is 5.23. The first-order chi connectivity index (χ1) is 7.95. The first-order valence-corrected chi connectivity index (χ1v) is 6.08. The molecule has 94 valence electrons. The third-order valence-electron chi connectivity index (χ3n) is 2.53. The van der Waals surface area contributed by atoms with Crippen molar-refractivity contribution in [2.75, 3.05) is 6.54 Å². The predicted molar refractivity (Wildman–Crippen MR) is 71.7 cm³/mol. The van der Waals surface area contributed by atoms with Gasteiger partial charge < -0.3 is 5.32 Å². The molecule has 0 bridgehead atoms. The van der Waals surface area contributed by atoms with E-state index in [9.17, 15) is 0 Å². The van der Waals surface area contributed by atoms with Crippen molar-refractivity contribution in [3.63, 3.8) is 0 Å². The van der Waals surface area contributed by atoms with Gasteiger partial charge in [-0.05, 0) is 6.92 Å². The zero-order chi connectivity index (χ0) is 12.9. The van der Waals surface area contributed by atoms with E-state index in [0.717, 1.165) is 19.5 Å². The van der Waals surface area contributed by atoms with Gasteiger partial charge in [0.05, 0.1) is 5.69 Å². The predicted octanol–water partition coefficient (Wildman–Crippen LogP) is 2.22. The van der Waals surface area contributed by atoms with E-state index in [0.29, 0.717) is 0 Å². The fraction of sp³-hybridized carbons (Fsp3) is 0.643. The van der Waals surface area contributed by atoms with Crippen LogP contribution in [0.2, 0.25) is 0 Å². The number of nitrogens with zero attached hydrogens (tertiary/aromatic N) is 2. The molecule has 1 heterocycles. The van der Waals surface area contributed by atoms with E-state index in [2.05, 4.69) is 49.2 Å². The molecule has 1 aromatic heterocycles.